The fourth-order valence-corrected chi connectivity index (χ4v) is 4.10. The monoisotopic (exact) mass is 309 g/mol. The van der Waals surface area contributed by atoms with Crippen molar-refractivity contribution in [2.24, 2.45) is 0 Å². The minimum Gasteiger partial charge on any atom is -0.270 e. The number of carbonyl (C=O) groups excluding carboxylic acids is 2. The first-order valence-corrected chi connectivity index (χ1v) is 8.27. The van der Waals surface area contributed by atoms with E-state index in [1.165, 1.54) is 29.1 Å². The molecule has 20 heavy (non-hydrogen) atoms. The topological polar surface area (TPSA) is 37.4 Å². The van der Waals surface area contributed by atoms with Gasteiger partial charge >= 0.3 is 0 Å². The van der Waals surface area contributed by atoms with Crippen molar-refractivity contribution in [1.29, 1.82) is 0 Å². The Balaban J connectivity index is 1.89. The molecule has 3 rings (SSSR count). The zero-order valence-corrected chi connectivity index (χ0v) is 12.7. The number of rotatable bonds is 2. The Morgan fingerprint density at radius 1 is 1.10 bits per heavy atom. The van der Waals surface area contributed by atoms with Crippen LogP contribution in [0.3, 0.4) is 0 Å². The van der Waals surface area contributed by atoms with Crippen molar-refractivity contribution in [3.63, 3.8) is 0 Å². The van der Waals surface area contributed by atoms with Gasteiger partial charge in [0.15, 0.2) is 0 Å². The average molecular weight is 310 g/mol. The first-order valence-electron chi connectivity index (χ1n) is 7.01. The normalized spacial score (nSPS) is 21.8. The van der Waals surface area contributed by atoms with E-state index in [2.05, 4.69) is 0 Å². The van der Waals surface area contributed by atoms with Gasteiger partial charge < -0.3 is 0 Å². The van der Waals surface area contributed by atoms with Crippen LogP contribution in [-0.2, 0) is 9.59 Å². The SMILES string of the molecule is O=C1C(Cl)=C(c2cccs2)C(=O)N1C1CCCCCC1. The van der Waals surface area contributed by atoms with Crippen LogP contribution in [0.5, 0.6) is 0 Å². The van der Waals surface area contributed by atoms with Gasteiger partial charge in [0.2, 0.25) is 0 Å². The summed E-state index contributed by atoms with van der Waals surface area (Å²) in [5, 5.41) is 1.97. The van der Waals surface area contributed by atoms with Crippen molar-refractivity contribution in [1.82, 2.24) is 4.90 Å². The molecule has 0 unspecified atom stereocenters. The minimum absolute atomic E-state index is 0.0173. The van der Waals surface area contributed by atoms with E-state index < -0.39 is 0 Å². The van der Waals surface area contributed by atoms with E-state index in [4.69, 9.17) is 11.6 Å². The molecule has 3 nitrogen and oxygen atoms in total. The maximum absolute atomic E-state index is 12.6. The number of thiophene rings is 1. The predicted octanol–water partition coefficient (Wildman–Crippen LogP) is 3.79. The molecule has 106 valence electrons. The number of hydrogen-bond donors (Lipinski definition) is 0. The van der Waals surface area contributed by atoms with Gasteiger partial charge in [-0.3, -0.25) is 14.5 Å². The van der Waals surface area contributed by atoms with E-state index in [0.717, 1.165) is 30.6 Å². The van der Waals surface area contributed by atoms with E-state index in [-0.39, 0.29) is 22.9 Å². The van der Waals surface area contributed by atoms with Gasteiger partial charge in [0.05, 0.1) is 5.57 Å². The van der Waals surface area contributed by atoms with Gasteiger partial charge in [-0.05, 0) is 24.3 Å². The van der Waals surface area contributed by atoms with Crippen LogP contribution in [0.4, 0.5) is 0 Å². The fourth-order valence-electron chi connectivity index (χ4n) is 3.00. The molecule has 1 aromatic rings. The molecule has 2 heterocycles. The molecule has 2 amide bonds. The summed E-state index contributed by atoms with van der Waals surface area (Å²) in [6, 6.07) is 3.72. The molecule has 1 aromatic heterocycles. The molecule has 1 saturated carbocycles. The van der Waals surface area contributed by atoms with Crippen molar-refractivity contribution in [2.75, 3.05) is 0 Å². The van der Waals surface area contributed by atoms with Crippen molar-refractivity contribution >= 4 is 40.3 Å². The maximum Gasteiger partial charge on any atom is 0.273 e. The van der Waals surface area contributed by atoms with Crippen LogP contribution >= 0.6 is 22.9 Å². The van der Waals surface area contributed by atoms with Gasteiger partial charge in [-0.15, -0.1) is 11.3 Å². The third kappa shape index (κ3) is 2.31. The van der Waals surface area contributed by atoms with Gasteiger partial charge in [-0.25, -0.2) is 0 Å². The average Bonchev–Trinajstić information content (AvgIpc) is 2.91. The van der Waals surface area contributed by atoms with E-state index >= 15 is 0 Å². The quantitative estimate of drug-likeness (QED) is 0.615. The molecule has 0 N–H and O–H groups in total. The smallest absolute Gasteiger partial charge is 0.270 e. The second kappa shape index (κ2) is 5.70. The van der Waals surface area contributed by atoms with Crippen LogP contribution in [0.25, 0.3) is 5.57 Å². The lowest BCUT2D eigenvalue weighted by molar-refractivity contribution is -0.139. The molecule has 0 saturated heterocycles. The third-order valence-electron chi connectivity index (χ3n) is 4.02. The van der Waals surface area contributed by atoms with Crippen molar-refractivity contribution in [3.8, 4) is 0 Å². The maximum atomic E-state index is 12.6. The molecular weight excluding hydrogens is 294 g/mol. The number of imide groups is 1. The molecule has 1 fully saturated rings. The molecule has 0 atom stereocenters. The number of carbonyl (C=O) groups is 2. The van der Waals surface area contributed by atoms with Crippen molar-refractivity contribution < 1.29 is 9.59 Å². The summed E-state index contributed by atoms with van der Waals surface area (Å²) in [7, 11) is 0. The largest absolute Gasteiger partial charge is 0.273 e. The summed E-state index contributed by atoms with van der Waals surface area (Å²) in [6.07, 6.45) is 6.33. The first kappa shape index (κ1) is 13.8. The summed E-state index contributed by atoms with van der Waals surface area (Å²) >= 11 is 7.58. The summed E-state index contributed by atoms with van der Waals surface area (Å²) < 4.78 is 0. The van der Waals surface area contributed by atoms with Crippen LogP contribution in [0, 0.1) is 0 Å². The summed E-state index contributed by atoms with van der Waals surface area (Å²) in [6.45, 7) is 0. The van der Waals surface area contributed by atoms with Crippen molar-refractivity contribution in [3.05, 3.63) is 27.4 Å². The fraction of sp³-hybridized carbons (Fsp3) is 0.467. The highest BCUT2D eigenvalue weighted by molar-refractivity contribution is 7.11. The molecule has 0 aromatic carbocycles. The Bertz CT molecular complexity index is 556. The second-order valence-electron chi connectivity index (χ2n) is 5.29. The van der Waals surface area contributed by atoms with Crippen LogP contribution in [0.2, 0.25) is 0 Å². The van der Waals surface area contributed by atoms with E-state index in [0.29, 0.717) is 5.57 Å². The van der Waals surface area contributed by atoms with Gasteiger partial charge in [0.1, 0.15) is 5.03 Å². The summed E-state index contributed by atoms with van der Waals surface area (Å²) in [4.78, 5) is 27.1. The molecular formula is C15H16ClNO2S. The Morgan fingerprint density at radius 3 is 2.40 bits per heavy atom. The lowest BCUT2D eigenvalue weighted by Gasteiger charge is -2.25. The zero-order chi connectivity index (χ0) is 14.1. The zero-order valence-electron chi connectivity index (χ0n) is 11.1. The van der Waals surface area contributed by atoms with Crippen LogP contribution < -0.4 is 0 Å². The third-order valence-corrected chi connectivity index (χ3v) is 5.25. The number of halogens is 1. The summed E-state index contributed by atoms with van der Waals surface area (Å²) in [5.41, 5.74) is 0.385. The van der Waals surface area contributed by atoms with E-state index in [9.17, 15) is 9.59 Å². The van der Waals surface area contributed by atoms with Gasteiger partial charge in [-0.2, -0.15) is 0 Å². The molecule has 0 spiro atoms. The highest BCUT2D eigenvalue weighted by Crippen LogP contribution is 2.37. The Labute approximate surface area is 127 Å². The Hall–Kier alpha value is -1.13. The molecule has 2 aliphatic rings. The minimum atomic E-state index is -0.313. The van der Waals surface area contributed by atoms with Gasteiger partial charge in [0, 0.05) is 10.9 Å². The Kier molecular flexibility index (Phi) is 3.94. The number of amides is 2. The van der Waals surface area contributed by atoms with E-state index in [1.807, 2.05) is 17.5 Å². The standard InChI is InChI=1S/C15H16ClNO2S/c16-13-12(11-8-5-9-20-11)14(18)17(15(13)19)10-6-3-1-2-4-7-10/h5,8-10H,1-4,6-7H2. The number of nitrogens with zero attached hydrogens (tertiary/aromatic N) is 1. The second-order valence-corrected chi connectivity index (χ2v) is 6.62. The highest BCUT2D eigenvalue weighted by atomic mass is 35.5. The molecule has 5 heteroatoms. The molecule has 1 aliphatic carbocycles. The molecule has 1 aliphatic heterocycles. The Morgan fingerprint density at radius 2 is 1.80 bits per heavy atom. The molecule has 0 radical (unpaired) electrons. The lowest BCUT2D eigenvalue weighted by atomic mass is 10.1. The highest BCUT2D eigenvalue weighted by Gasteiger charge is 2.42. The summed E-state index contributed by atoms with van der Waals surface area (Å²) in [5.74, 6) is -0.527. The molecule has 0 bridgehead atoms. The number of hydrogen-bond acceptors (Lipinski definition) is 3. The van der Waals surface area contributed by atoms with E-state index in [1.54, 1.807) is 0 Å². The van der Waals surface area contributed by atoms with Crippen LogP contribution in [-0.4, -0.2) is 22.8 Å². The first-order chi connectivity index (χ1) is 9.70. The van der Waals surface area contributed by atoms with Crippen LogP contribution in [0.1, 0.15) is 43.4 Å². The predicted molar refractivity (Wildman–Crippen MR) is 80.4 cm³/mol. The van der Waals surface area contributed by atoms with Gasteiger partial charge in [0.25, 0.3) is 11.8 Å². The van der Waals surface area contributed by atoms with Crippen molar-refractivity contribution in [2.45, 2.75) is 44.6 Å². The van der Waals surface area contributed by atoms with Gasteiger partial charge in [-0.1, -0.05) is 43.4 Å². The van der Waals surface area contributed by atoms with Crippen LogP contribution in [0.15, 0.2) is 22.5 Å². The lowest BCUT2D eigenvalue weighted by Crippen LogP contribution is -2.40.